The quantitative estimate of drug-likeness (QED) is 0.148. The molecule has 2 aliphatic rings. The Labute approximate surface area is 275 Å². The van der Waals surface area contributed by atoms with Gasteiger partial charge in [0.1, 0.15) is 29.2 Å². The molecule has 47 heavy (non-hydrogen) atoms. The van der Waals surface area contributed by atoms with E-state index in [0.29, 0.717) is 23.4 Å². The van der Waals surface area contributed by atoms with Gasteiger partial charge in [0.2, 0.25) is 0 Å². The lowest BCUT2D eigenvalue weighted by atomic mass is 9.93. The van der Waals surface area contributed by atoms with Gasteiger partial charge >= 0.3 is 23.9 Å². The van der Waals surface area contributed by atoms with Gasteiger partial charge < -0.3 is 33.0 Å². The average Bonchev–Trinajstić information content (AvgIpc) is 3.40. The number of hydrogen-bond donors (Lipinski definition) is 0. The van der Waals surface area contributed by atoms with Crippen molar-refractivity contribution in [2.75, 3.05) is 13.7 Å². The minimum atomic E-state index is -1.42. The van der Waals surface area contributed by atoms with Crippen molar-refractivity contribution in [3.05, 3.63) is 69.9 Å². The molecule has 3 aromatic rings. The van der Waals surface area contributed by atoms with Crippen LogP contribution in [0.4, 0.5) is 0 Å². The van der Waals surface area contributed by atoms with Crippen LogP contribution in [0.15, 0.2) is 48.5 Å². The monoisotopic (exact) mass is 660 g/mol. The maximum absolute atomic E-state index is 12.6. The van der Waals surface area contributed by atoms with E-state index in [2.05, 4.69) is 6.07 Å². The molecule has 13 heteroatoms. The molecule has 1 saturated heterocycles. The van der Waals surface area contributed by atoms with Gasteiger partial charge in [-0.25, -0.2) is 0 Å². The Kier molecular flexibility index (Phi) is 9.74. The molecule has 0 bridgehead atoms. The summed E-state index contributed by atoms with van der Waals surface area (Å²) in [6, 6.07) is 17.1. The highest BCUT2D eigenvalue weighted by atomic mass is 32.1. The van der Waals surface area contributed by atoms with Crippen LogP contribution in [0.25, 0.3) is 22.4 Å². The standard InChI is InChI=1S/C34H32N2O10S/c1-17(37)42-16-27-30(43-18(2)38)31(44-19(3)39)32(45-20(4)40)33(46-27)36-29-24-9-7-6-8-22(24)14-25(29)28(26(15-35)34(36)47)21-10-12-23(41-5)13-11-21/h6-13,27,30-33H,14,16H2,1-5H3/t27-,30+,31+,32-,33-/m1/s1. The Morgan fingerprint density at radius 1 is 0.894 bits per heavy atom. The number of hydrogen-bond acceptors (Lipinski definition) is 12. The molecule has 244 valence electrons. The molecule has 1 fully saturated rings. The summed E-state index contributed by atoms with van der Waals surface area (Å²) in [6.07, 6.45) is -6.29. The normalized spacial score (nSPS) is 21.0. The molecule has 1 aliphatic heterocycles. The molecular formula is C34H32N2O10S. The van der Waals surface area contributed by atoms with Gasteiger partial charge in [0.25, 0.3) is 0 Å². The van der Waals surface area contributed by atoms with Crippen molar-refractivity contribution in [2.24, 2.45) is 0 Å². The number of nitriles is 1. The van der Waals surface area contributed by atoms with E-state index in [1.807, 2.05) is 36.4 Å². The topological polar surface area (TPSA) is 152 Å². The second kappa shape index (κ2) is 13.7. The lowest BCUT2D eigenvalue weighted by Gasteiger charge is -2.45. The third kappa shape index (κ3) is 6.61. The molecule has 0 N–H and O–H groups in total. The molecule has 0 spiro atoms. The molecule has 12 nitrogen and oxygen atoms in total. The summed E-state index contributed by atoms with van der Waals surface area (Å²) >= 11 is 6.03. The number of benzene rings is 2. The fourth-order valence-corrected chi connectivity index (χ4v) is 6.48. The molecule has 0 radical (unpaired) electrons. The number of pyridine rings is 1. The highest BCUT2D eigenvalue weighted by molar-refractivity contribution is 7.71. The molecule has 2 aromatic carbocycles. The van der Waals surface area contributed by atoms with Gasteiger partial charge in [0.15, 0.2) is 24.5 Å². The lowest BCUT2D eigenvalue weighted by Crippen LogP contribution is -2.60. The van der Waals surface area contributed by atoms with Gasteiger partial charge in [0.05, 0.1) is 18.4 Å². The van der Waals surface area contributed by atoms with Crippen LogP contribution in [-0.2, 0) is 49.3 Å². The first-order valence-electron chi connectivity index (χ1n) is 14.7. The zero-order chi connectivity index (χ0) is 34.0. The van der Waals surface area contributed by atoms with Crippen LogP contribution in [0.5, 0.6) is 5.75 Å². The average molecular weight is 661 g/mol. The predicted octanol–water partition coefficient (Wildman–Crippen LogP) is 4.59. The van der Waals surface area contributed by atoms with Crippen molar-refractivity contribution >= 4 is 36.1 Å². The Morgan fingerprint density at radius 3 is 2.11 bits per heavy atom. The van der Waals surface area contributed by atoms with Crippen LogP contribution < -0.4 is 4.74 Å². The van der Waals surface area contributed by atoms with E-state index in [1.54, 1.807) is 23.8 Å². The molecule has 5 atom stereocenters. The third-order valence-electron chi connectivity index (χ3n) is 7.86. The zero-order valence-corrected chi connectivity index (χ0v) is 27.1. The number of fused-ring (bicyclic) bond motifs is 3. The second-order valence-corrected chi connectivity index (χ2v) is 11.4. The summed E-state index contributed by atoms with van der Waals surface area (Å²) < 4.78 is 35.7. The number of esters is 4. The lowest BCUT2D eigenvalue weighted by molar-refractivity contribution is -0.268. The van der Waals surface area contributed by atoms with E-state index in [4.69, 9.17) is 40.6 Å². The van der Waals surface area contributed by atoms with Gasteiger partial charge in [-0.15, -0.1) is 0 Å². The van der Waals surface area contributed by atoms with E-state index in [9.17, 15) is 24.4 Å². The van der Waals surface area contributed by atoms with Crippen LogP contribution in [-0.4, -0.2) is 66.6 Å². The summed E-state index contributed by atoms with van der Waals surface area (Å²) in [5.74, 6) is -2.26. The van der Waals surface area contributed by atoms with Gasteiger partial charge in [-0.05, 0) is 28.8 Å². The molecular weight excluding hydrogens is 628 g/mol. The highest BCUT2D eigenvalue weighted by Gasteiger charge is 2.53. The first-order valence-corrected chi connectivity index (χ1v) is 15.1. The molecule has 1 aromatic heterocycles. The van der Waals surface area contributed by atoms with Crippen molar-refractivity contribution in [1.29, 1.82) is 5.26 Å². The zero-order valence-electron chi connectivity index (χ0n) is 26.3. The number of rotatable bonds is 8. The fourth-order valence-electron chi connectivity index (χ4n) is 6.14. The molecule has 0 saturated carbocycles. The minimum absolute atomic E-state index is 0.0506. The highest BCUT2D eigenvalue weighted by Crippen LogP contribution is 2.47. The Morgan fingerprint density at radius 2 is 1.51 bits per heavy atom. The van der Waals surface area contributed by atoms with E-state index in [-0.39, 0.29) is 10.2 Å². The van der Waals surface area contributed by atoms with E-state index in [0.717, 1.165) is 36.1 Å². The summed E-state index contributed by atoms with van der Waals surface area (Å²) in [6.45, 7) is 4.26. The maximum Gasteiger partial charge on any atom is 0.303 e. The number of aromatic nitrogens is 1. The number of ether oxygens (including phenoxy) is 6. The summed E-state index contributed by atoms with van der Waals surface area (Å²) in [5.41, 5.74) is 4.59. The Hall–Kier alpha value is -5.06. The van der Waals surface area contributed by atoms with E-state index >= 15 is 0 Å². The fraction of sp³-hybridized carbons (Fsp3) is 0.353. The van der Waals surface area contributed by atoms with Crippen LogP contribution in [0, 0.1) is 16.0 Å². The third-order valence-corrected chi connectivity index (χ3v) is 8.26. The maximum atomic E-state index is 12.6. The number of nitrogens with zero attached hydrogens (tertiary/aromatic N) is 2. The predicted molar refractivity (Wildman–Crippen MR) is 167 cm³/mol. The summed E-state index contributed by atoms with van der Waals surface area (Å²) in [4.78, 5) is 49.2. The smallest absolute Gasteiger partial charge is 0.303 e. The van der Waals surface area contributed by atoms with Crippen molar-refractivity contribution in [3.63, 3.8) is 0 Å². The van der Waals surface area contributed by atoms with Crippen molar-refractivity contribution < 1.29 is 47.6 Å². The van der Waals surface area contributed by atoms with E-state index in [1.165, 1.54) is 13.8 Å². The van der Waals surface area contributed by atoms with Gasteiger partial charge in [0, 0.05) is 45.2 Å². The first kappa shape index (κ1) is 33.3. The second-order valence-electron chi connectivity index (χ2n) is 11.0. The summed E-state index contributed by atoms with van der Waals surface area (Å²) in [5, 5.41) is 10.6. The summed E-state index contributed by atoms with van der Waals surface area (Å²) in [7, 11) is 1.56. The van der Waals surface area contributed by atoms with Gasteiger partial charge in [-0.3, -0.25) is 19.2 Å². The molecule has 2 heterocycles. The van der Waals surface area contributed by atoms with E-state index < -0.39 is 61.1 Å². The van der Waals surface area contributed by atoms with Crippen LogP contribution in [0.2, 0.25) is 0 Å². The molecule has 1 aliphatic carbocycles. The Bertz CT molecular complexity index is 1840. The largest absolute Gasteiger partial charge is 0.497 e. The van der Waals surface area contributed by atoms with Crippen molar-refractivity contribution in [1.82, 2.24) is 4.57 Å². The SMILES string of the molecule is COc1ccc(-c2c3c(n([C@@H]4O[C@H](COC(C)=O)[C@H](OC(C)=O)[C@H](OC(C)=O)[C@H]4OC(C)=O)c(=S)c2C#N)-c2ccccc2C3)cc1. The minimum Gasteiger partial charge on any atom is -0.497 e. The van der Waals surface area contributed by atoms with Crippen LogP contribution >= 0.6 is 12.2 Å². The van der Waals surface area contributed by atoms with Gasteiger partial charge in [-0.1, -0.05) is 48.6 Å². The van der Waals surface area contributed by atoms with Crippen molar-refractivity contribution in [3.8, 4) is 34.2 Å². The van der Waals surface area contributed by atoms with Crippen LogP contribution in [0.1, 0.15) is 50.6 Å². The van der Waals surface area contributed by atoms with Crippen molar-refractivity contribution in [2.45, 2.75) is 64.8 Å². The number of carbonyl (C=O) groups excluding carboxylic acids is 4. The molecule has 0 amide bonds. The number of methoxy groups -OCH3 is 1. The van der Waals surface area contributed by atoms with Crippen LogP contribution in [0.3, 0.4) is 0 Å². The Balaban J connectivity index is 1.82. The number of carbonyl (C=O) groups is 4. The molecule has 5 rings (SSSR count). The van der Waals surface area contributed by atoms with Gasteiger partial charge in [-0.2, -0.15) is 5.26 Å². The first-order chi connectivity index (χ1) is 22.4. The molecule has 0 unspecified atom stereocenters.